The van der Waals surface area contributed by atoms with E-state index >= 15 is 0 Å². The van der Waals surface area contributed by atoms with Gasteiger partial charge in [0.25, 0.3) is 0 Å². The van der Waals surface area contributed by atoms with E-state index in [4.69, 9.17) is 5.11 Å². The fourth-order valence-corrected chi connectivity index (χ4v) is 1.74. The maximum atomic E-state index is 12.0. The number of amides is 1. The van der Waals surface area contributed by atoms with Gasteiger partial charge in [0.2, 0.25) is 5.91 Å². The maximum absolute atomic E-state index is 12.0. The summed E-state index contributed by atoms with van der Waals surface area (Å²) in [5.41, 5.74) is 1.98. The van der Waals surface area contributed by atoms with Gasteiger partial charge in [0.1, 0.15) is 0 Å². The summed E-state index contributed by atoms with van der Waals surface area (Å²) in [6.07, 6.45) is 3.17. The lowest BCUT2D eigenvalue weighted by Crippen LogP contribution is -2.29. The summed E-state index contributed by atoms with van der Waals surface area (Å²) in [7, 11) is 0. The number of nitrogens with zero attached hydrogens (tertiary/aromatic N) is 2. The second kappa shape index (κ2) is 5.64. The second-order valence-corrected chi connectivity index (χ2v) is 4.66. The van der Waals surface area contributed by atoms with Gasteiger partial charge in [-0.2, -0.15) is 0 Å². The molecule has 2 unspecified atom stereocenters. The minimum atomic E-state index is -0.989. The number of carboxylic acid groups (broad SMARTS) is 1. The number of hydrogen-bond donors (Lipinski definition) is 2. The number of anilines is 1. The van der Waals surface area contributed by atoms with Crippen LogP contribution in [0.4, 0.5) is 5.69 Å². The van der Waals surface area contributed by atoms with Crippen LogP contribution in [0.25, 0.3) is 11.0 Å². The zero-order valence-electron chi connectivity index (χ0n) is 11.2. The summed E-state index contributed by atoms with van der Waals surface area (Å²) in [6.45, 7) is 3.10. The number of nitrogens with one attached hydrogen (secondary N) is 1. The molecule has 1 aromatic heterocycles. The molecule has 0 saturated heterocycles. The molecule has 0 aliphatic rings. The Morgan fingerprint density at radius 2 is 1.75 bits per heavy atom. The Kier molecular flexibility index (Phi) is 3.93. The average molecular weight is 273 g/mol. The highest BCUT2D eigenvalue weighted by Crippen LogP contribution is 2.18. The minimum absolute atomic E-state index is 0.330. The number of fused-ring (bicyclic) bond motifs is 1. The van der Waals surface area contributed by atoms with Crippen LogP contribution in [0.2, 0.25) is 0 Å². The summed E-state index contributed by atoms with van der Waals surface area (Å²) in [5.74, 6) is -2.68. The van der Waals surface area contributed by atoms with Gasteiger partial charge in [0.05, 0.1) is 17.0 Å². The van der Waals surface area contributed by atoms with Gasteiger partial charge in [-0.05, 0) is 18.2 Å². The lowest BCUT2D eigenvalue weighted by atomic mass is 9.95. The molecule has 1 aromatic carbocycles. The lowest BCUT2D eigenvalue weighted by Gasteiger charge is -2.15. The van der Waals surface area contributed by atoms with Gasteiger partial charge in [-0.15, -0.1) is 0 Å². The number of rotatable bonds is 4. The van der Waals surface area contributed by atoms with Crippen LogP contribution in [0.15, 0.2) is 30.6 Å². The van der Waals surface area contributed by atoms with Crippen molar-refractivity contribution in [2.45, 2.75) is 13.8 Å². The van der Waals surface area contributed by atoms with Gasteiger partial charge in [-0.1, -0.05) is 13.8 Å². The summed E-state index contributed by atoms with van der Waals surface area (Å²) >= 11 is 0. The van der Waals surface area contributed by atoms with Crippen molar-refractivity contribution < 1.29 is 14.7 Å². The summed E-state index contributed by atoms with van der Waals surface area (Å²) < 4.78 is 0. The molecule has 6 nitrogen and oxygen atoms in total. The molecular weight excluding hydrogens is 258 g/mol. The molecule has 104 valence electrons. The fraction of sp³-hybridized carbons (Fsp3) is 0.286. The smallest absolute Gasteiger partial charge is 0.307 e. The number of carboxylic acids is 1. The van der Waals surface area contributed by atoms with E-state index in [2.05, 4.69) is 15.3 Å². The molecule has 1 heterocycles. The third-order valence-corrected chi connectivity index (χ3v) is 3.29. The zero-order valence-corrected chi connectivity index (χ0v) is 11.2. The van der Waals surface area contributed by atoms with Crippen LogP contribution in [0.1, 0.15) is 13.8 Å². The van der Waals surface area contributed by atoms with E-state index in [1.54, 1.807) is 37.5 Å². The number of aliphatic carboxylic acids is 1. The highest BCUT2D eigenvalue weighted by molar-refractivity contribution is 5.96. The number of carbonyl (C=O) groups is 2. The van der Waals surface area contributed by atoms with Gasteiger partial charge in [-0.25, -0.2) is 0 Å². The third kappa shape index (κ3) is 2.90. The molecule has 0 fully saturated rings. The van der Waals surface area contributed by atoms with E-state index in [9.17, 15) is 9.59 Å². The van der Waals surface area contributed by atoms with Crippen LogP contribution in [-0.2, 0) is 9.59 Å². The van der Waals surface area contributed by atoms with Crippen molar-refractivity contribution in [3.63, 3.8) is 0 Å². The van der Waals surface area contributed by atoms with Crippen molar-refractivity contribution in [1.29, 1.82) is 0 Å². The summed E-state index contributed by atoms with van der Waals surface area (Å²) in [4.78, 5) is 31.1. The van der Waals surface area contributed by atoms with E-state index < -0.39 is 17.8 Å². The number of hydrogen-bond acceptors (Lipinski definition) is 4. The van der Waals surface area contributed by atoms with Crippen LogP contribution in [0.3, 0.4) is 0 Å². The molecule has 0 aliphatic heterocycles. The predicted octanol–water partition coefficient (Wildman–Crippen LogP) is 1.93. The van der Waals surface area contributed by atoms with Gasteiger partial charge in [0.15, 0.2) is 0 Å². The van der Waals surface area contributed by atoms with Crippen molar-refractivity contribution in [2.75, 3.05) is 5.32 Å². The largest absolute Gasteiger partial charge is 0.481 e. The maximum Gasteiger partial charge on any atom is 0.307 e. The Labute approximate surface area is 115 Å². The van der Waals surface area contributed by atoms with Crippen LogP contribution in [-0.4, -0.2) is 27.0 Å². The SMILES string of the molecule is CC(C(=O)O)C(C)C(=O)Nc1ccc2nccnc2c1. The highest BCUT2D eigenvalue weighted by atomic mass is 16.4. The monoisotopic (exact) mass is 273 g/mol. The molecule has 2 N–H and O–H groups in total. The van der Waals surface area contributed by atoms with Crippen LogP contribution < -0.4 is 5.32 Å². The van der Waals surface area contributed by atoms with Gasteiger partial charge in [0, 0.05) is 24.0 Å². The quantitative estimate of drug-likeness (QED) is 0.887. The average Bonchev–Trinajstić information content (AvgIpc) is 2.45. The second-order valence-electron chi connectivity index (χ2n) is 4.66. The van der Waals surface area contributed by atoms with Crippen molar-refractivity contribution in [1.82, 2.24) is 9.97 Å². The van der Waals surface area contributed by atoms with E-state index in [0.29, 0.717) is 11.2 Å². The molecule has 0 bridgehead atoms. The van der Waals surface area contributed by atoms with Crippen molar-refractivity contribution in [3.05, 3.63) is 30.6 Å². The van der Waals surface area contributed by atoms with Crippen molar-refractivity contribution in [2.24, 2.45) is 11.8 Å². The summed E-state index contributed by atoms with van der Waals surface area (Å²) in [5, 5.41) is 11.6. The Morgan fingerprint density at radius 3 is 2.40 bits per heavy atom. The topological polar surface area (TPSA) is 92.2 Å². The van der Waals surface area contributed by atoms with E-state index in [0.717, 1.165) is 5.52 Å². The third-order valence-electron chi connectivity index (χ3n) is 3.29. The molecular formula is C14H15N3O3. The standard InChI is InChI=1S/C14H15N3O3/c1-8(9(2)14(19)20)13(18)17-10-3-4-11-12(7-10)16-6-5-15-11/h3-9H,1-2H3,(H,17,18)(H,19,20). The van der Waals surface area contributed by atoms with Crippen LogP contribution in [0, 0.1) is 11.8 Å². The Hall–Kier alpha value is -2.50. The van der Waals surface area contributed by atoms with E-state index in [-0.39, 0.29) is 5.91 Å². The molecule has 0 spiro atoms. The molecule has 2 aromatic rings. The van der Waals surface area contributed by atoms with Crippen molar-refractivity contribution >= 4 is 28.6 Å². The molecule has 0 radical (unpaired) electrons. The van der Waals surface area contributed by atoms with Gasteiger partial charge >= 0.3 is 5.97 Å². The molecule has 6 heteroatoms. The Morgan fingerprint density at radius 1 is 1.10 bits per heavy atom. The number of benzene rings is 1. The molecule has 1 amide bonds. The Balaban J connectivity index is 2.15. The Bertz CT molecular complexity index is 657. The van der Waals surface area contributed by atoms with Crippen LogP contribution >= 0.6 is 0 Å². The molecule has 0 aliphatic carbocycles. The fourth-order valence-electron chi connectivity index (χ4n) is 1.74. The first-order valence-electron chi connectivity index (χ1n) is 6.23. The molecule has 2 atom stereocenters. The molecule has 0 saturated carbocycles. The zero-order chi connectivity index (χ0) is 14.7. The van der Waals surface area contributed by atoms with Crippen LogP contribution in [0.5, 0.6) is 0 Å². The molecule has 20 heavy (non-hydrogen) atoms. The van der Waals surface area contributed by atoms with E-state index in [1.165, 1.54) is 6.92 Å². The first-order chi connectivity index (χ1) is 9.49. The van der Waals surface area contributed by atoms with E-state index in [1.807, 2.05) is 0 Å². The predicted molar refractivity (Wildman–Crippen MR) is 74.1 cm³/mol. The first-order valence-corrected chi connectivity index (χ1v) is 6.23. The van der Waals surface area contributed by atoms with Crippen molar-refractivity contribution in [3.8, 4) is 0 Å². The number of carbonyl (C=O) groups excluding carboxylic acids is 1. The normalized spacial score (nSPS) is 13.7. The number of aromatic nitrogens is 2. The minimum Gasteiger partial charge on any atom is -0.481 e. The summed E-state index contributed by atoms with van der Waals surface area (Å²) in [6, 6.07) is 5.18. The molecule has 2 rings (SSSR count). The highest BCUT2D eigenvalue weighted by Gasteiger charge is 2.25. The lowest BCUT2D eigenvalue weighted by molar-refractivity contribution is -0.145. The van der Waals surface area contributed by atoms with Gasteiger partial charge in [-0.3, -0.25) is 19.6 Å². The van der Waals surface area contributed by atoms with Gasteiger partial charge < -0.3 is 10.4 Å². The first kappa shape index (κ1) is 13.9.